The van der Waals surface area contributed by atoms with E-state index >= 15 is 0 Å². The molecule has 1 aromatic rings. The van der Waals surface area contributed by atoms with Crippen molar-refractivity contribution in [3.8, 4) is 0 Å². The van der Waals surface area contributed by atoms with E-state index in [4.69, 9.17) is 23.1 Å². The summed E-state index contributed by atoms with van der Waals surface area (Å²) in [6.45, 7) is 3.53. The third kappa shape index (κ3) is 3.71. The van der Waals surface area contributed by atoms with Crippen molar-refractivity contribution in [1.82, 2.24) is 0 Å². The molecular formula is C12H14ClN3. The van der Waals surface area contributed by atoms with E-state index in [1.54, 1.807) is 18.2 Å². The monoisotopic (exact) mass is 235 g/mol. The van der Waals surface area contributed by atoms with Gasteiger partial charge in [-0.05, 0) is 24.3 Å². The van der Waals surface area contributed by atoms with E-state index in [9.17, 15) is 0 Å². The first-order valence-electron chi connectivity index (χ1n) is 4.70. The Morgan fingerprint density at radius 3 is 2.62 bits per heavy atom. The molecule has 0 heterocycles. The SMILES string of the molecule is C=C/C(Cl)=C\C=C(/N)Nc1ccccc1N. The molecule has 3 nitrogen and oxygen atoms in total. The first kappa shape index (κ1) is 12.2. The van der Waals surface area contributed by atoms with Gasteiger partial charge in [0.05, 0.1) is 11.4 Å². The van der Waals surface area contributed by atoms with Gasteiger partial charge in [-0.1, -0.05) is 36.4 Å². The predicted octanol–water partition coefficient (Wildman–Crippen LogP) is 2.79. The van der Waals surface area contributed by atoms with Crippen molar-refractivity contribution < 1.29 is 0 Å². The van der Waals surface area contributed by atoms with Crippen LogP contribution in [-0.4, -0.2) is 0 Å². The van der Waals surface area contributed by atoms with Gasteiger partial charge in [0.15, 0.2) is 0 Å². The quantitative estimate of drug-likeness (QED) is 0.556. The maximum Gasteiger partial charge on any atom is 0.101 e. The molecule has 0 atom stereocenters. The van der Waals surface area contributed by atoms with Gasteiger partial charge in [-0.2, -0.15) is 0 Å². The highest BCUT2D eigenvalue weighted by atomic mass is 35.5. The van der Waals surface area contributed by atoms with Crippen molar-refractivity contribution >= 4 is 23.0 Å². The number of hydrogen-bond acceptors (Lipinski definition) is 3. The van der Waals surface area contributed by atoms with Gasteiger partial charge in [-0.15, -0.1) is 0 Å². The Labute approximate surface area is 100 Å². The van der Waals surface area contributed by atoms with Crippen LogP contribution in [0.4, 0.5) is 11.4 Å². The van der Waals surface area contributed by atoms with Crippen molar-refractivity contribution in [1.29, 1.82) is 0 Å². The van der Waals surface area contributed by atoms with Gasteiger partial charge in [0, 0.05) is 5.03 Å². The summed E-state index contributed by atoms with van der Waals surface area (Å²) in [6.07, 6.45) is 4.83. The van der Waals surface area contributed by atoms with Crippen LogP contribution in [0.5, 0.6) is 0 Å². The first-order chi connectivity index (χ1) is 7.63. The minimum absolute atomic E-state index is 0.456. The van der Waals surface area contributed by atoms with Gasteiger partial charge in [0.25, 0.3) is 0 Å². The van der Waals surface area contributed by atoms with Crippen LogP contribution in [0.3, 0.4) is 0 Å². The lowest BCUT2D eigenvalue weighted by Gasteiger charge is -2.08. The summed E-state index contributed by atoms with van der Waals surface area (Å²) in [4.78, 5) is 0. The Morgan fingerprint density at radius 2 is 2.00 bits per heavy atom. The lowest BCUT2D eigenvalue weighted by Crippen LogP contribution is -2.09. The number of para-hydroxylation sites is 2. The van der Waals surface area contributed by atoms with Crippen LogP contribution in [0.15, 0.2) is 59.9 Å². The second-order valence-corrected chi connectivity index (χ2v) is 3.53. The molecule has 84 valence electrons. The van der Waals surface area contributed by atoms with Crippen LogP contribution in [0.1, 0.15) is 0 Å². The molecule has 1 aromatic carbocycles. The number of benzene rings is 1. The number of hydrogen-bond donors (Lipinski definition) is 3. The smallest absolute Gasteiger partial charge is 0.101 e. The van der Waals surface area contributed by atoms with E-state index in [1.165, 1.54) is 6.08 Å². The number of nitrogens with one attached hydrogen (secondary N) is 1. The third-order valence-corrected chi connectivity index (χ3v) is 2.14. The fourth-order valence-electron chi connectivity index (χ4n) is 1.05. The maximum absolute atomic E-state index is 5.75. The molecule has 0 amide bonds. The Balaban J connectivity index is 2.75. The molecule has 16 heavy (non-hydrogen) atoms. The highest BCUT2D eigenvalue weighted by Crippen LogP contribution is 2.17. The standard InChI is InChI=1S/C12H14ClN3/c1-2-9(13)7-8-12(15)16-11-6-4-3-5-10(11)14/h2-8,16H,1,14-15H2/b9-7+,12-8+. The van der Waals surface area contributed by atoms with Crippen LogP contribution >= 0.6 is 11.6 Å². The second kappa shape index (κ2) is 5.88. The Hall–Kier alpha value is -1.87. The lowest BCUT2D eigenvalue weighted by molar-refractivity contribution is 1.31. The van der Waals surface area contributed by atoms with Crippen molar-refractivity contribution in [3.63, 3.8) is 0 Å². The van der Waals surface area contributed by atoms with Crippen molar-refractivity contribution in [3.05, 3.63) is 59.9 Å². The topological polar surface area (TPSA) is 64.1 Å². The fourth-order valence-corrected chi connectivity index (χ4v) is 1.11. The average Bonchev–Trinajstić information content (AvgIpc) is 2.29. The Kier molecular flexibility index (Phi) is 4.48. The zero-order chi connectivity index (χ0) is 12.0. The van der Waals surface area contributed by atoms with Crippen LogP contribution in [0.2, 0.25) is 0 Å². The largest absolute Gasteiger partial charge is 0.397 e. The first-order valence-corrected chi connectivity index (χ1v) is 5.08. The molecule has 0 saturated heterocycles. The molecular weight excluding hydrogens is 222 g/mol. The van der Waals surface area contributed by atoms with Gasteiger partial charge in [-0.3, -0.25) is 0 Å². The molecule has 1 rings (SSSR count). The zero-order valence-electron chi connectivity index (χ0n) is 8.78. The van der Waals surface area contributed by atoms with E-state index in [2.05, 4.69) is 11.9 Å². The predicted molar refractivity (Wildman–Crippen MR) is 70.9 cm³/mol. The molecule has 0 spiro atoms. The molecule has 0 aliphatic carbocycles. The van der Waals surface area contributed by atoms with Gasteiger partial charge in [-0.25, -0.2) is 0 Å². The molecule has 0 fully saturated rings. The molecule has 0 radical (unpaired) electrons. The molecule has 0 unspecified atom stereocenters. The normalized spacial score (nSPS) is 12.3. The number of nitrogen functional groups attached to an aromatic ring is 1. The van der Waals surface area contributed by atoms with Gasteiger partial charge < -0.3 is 16.8 Å². The summed E-state index contributed by atoms with van der Waals surface area (Å²) < 4.78 is 0. The number of nitrogens with two attached hydrogens (primary N) is 2. The maximum atomic E-state index is 5.75. The lowest BCUT2D eigenvalue weighted by atomic mass is 10.2. The number of halogens is 1. The molecule has 0 saturated carbocycles. The summed E-state index contributed by atoms with van der Waals surface area (Å²) in [5, 5.41) is 3.49. The van der Waals surface area contributed by atoms with E-state index in [-0.39, 0.29) is 0 Å². The summed E-state index contributed by atoms with van der Waals surface area (Å²) in [7, 11) is 0. The van der Waals surface area contributed by atoms with Gasteiger partial charge in [0.2, 0.25) is 0 Å². The summed E-state index contributed by atoms with van der Waals surface area (Å²) in [5.41, 5.74) is 12.9. The zero-order valence-corrected chi connectivity index (χ0v) is 9.54. The van der Waals surface area contributed by atoms with E-state index in [1.807, 2.05) is 18.2 Å². The molecule has 0 aromatic heterocycles. The number of allylic oxidation sites excluding steroid dienone is 4. The molecule has 0 bridgehead atoms. The molecule has 5 N–H and O–H groups in total. The summed E-state index contributed by atoms with van der Waals surface area (Å²) >= 11 is 5.73. The minimum atomic E-state index is 0.456. The van der Waals surface area contributed by atoms with Gasteiger partial charge >= 0.3 is 0 Å². The van der Waals surface area contributed by atoms with Gasteiger partial charge in [0.1, 0.15) is 5.82 Å². The third-order valence-electron chi connectivity index (χ3n) is 1.86. The Morgan fingerprint density at radius 1 is 1.31 bits per heavy atom. The van der Waals surface area contributed by atoms with E-state index < -0.39 is 0 Å². The fraction of sp³-hybridized carbons (Fsp3) is 0. The summed E-state index contributed by atoms with van der Waals surface area (Å²) in [6, 6.07) is 7.37. The van der Waals surface area contributed by atoms with Crippen molar-refractivity contribution in [2.75, 3.05) is 11.1 Å². The minimum Gasteiger partial charge on any atom is -0.397 e. The molecule has 4 heteroatoms. The summed E-state index contributed by atoms with van der Waals surface area (Å²) in [5.74, 6) is 0.456. The number of rotatable bonds is 4. The highest BCUT2D eigenvalue weighted by molar-refractivity contribution is 6.31. The molecule has 0 aliphatic heterocycles. The number of anilines is 2. The van der Waals surface area contributed by atoms with Crippen LogP contribution in [0.25, 0.3) is 0 Å². The van der Waals surface area contributed by atoms with E-state index in [0.29, 0.717) is 16.5 Å². The average molecular weight is 236 g/mol. The van der Waals surface area contributed by atoms with E-state index in [0.717, 1.165) is 5.69 Å². The molecule has 0 aliphatic rings. The van der Waals surface area contributed by atoms with Crippen molar-refractivity contribution in [2.45, 2.75) is 0 Å². The van der Waals surface area contributed by atoms with Crippen LogP contribution < -0.4 is 16.8 Å². The van der Waals surface area contributed by atoms with Crippen molar-refractivity contribution in [2.24, 2.45) is 5.73 Å². The van der Waals surface area contributed by atoms with Crippen LogP contribution in [-0.2, 0) is 0 Å². The Bertz CT molecular complexity index is 436. The second-order valence-electron chi connectivity index (χ2n) is 3.09. The van der Waals surface area contributed by atoms with Crippen LogP contribution in [0, 0.1) is 0 Å². The highest BCUT2D eigenvalue weighted by Gasteiger charge is 1.96.